The summed E-state index contributed by atoms with van der Waals surface area (Å²) >= 11 is 0. The van der Waals surface area contributed by atoms with Crippen molar-refractivity contribution in [2.75, 3.05) is 108 Å². The van der Waals surface area contributed by atoms with E-state index < -0.39 is 6.10 Å². The van der Waals surface area contributed by atoms with Crippen LogP contribution in [0, 0.1) is 0 Å². The number of hydrogen-bond acceptors (Lipinski definition) is 12. The predicted octanol–water partition coefficient (Wildman–Crippen LogP) is 5.73. The van der Waals surface area contributed by atoms with Crippen molar-refractivity contribution in [3.05, 3.63) is 108 Å². The van der Waals surface area contributed by atoms with Crippen molar-refractivity contribution in [1.29, 1.82) is 0 Å². The first kappa shape index (κ1) is 58.5. The van der Waals surface area contributed by atoms with Crippen LogP contribution in [0.5, 0.6) is 11.5 Å². The standard InChI is InChI=1S/C24H31N2O5.C18H20N2O3.C6H10O2.2CH4.2H2O/c1-5-14-31-16-17(27)15-26(2,3)13-7-12-25-23(28)19-9-6-8-18-21(30-4)11-10-20(22(18)19)24(25)29;1-19(2)10-5-11-20-17(21)13-7-4-6-12-15(23-3)9-8-14(16(12)13)18(20)22;1-2-3-7-4-6-5-8-6;;;;/h5-6,8-11,17,27H,1,7,12-16H2,2-4H3;4,6-9H,5,10-11H2,1-3H3;2,6H,1,3-5H2;2*1H4;2*1H2/q+1;;;;;;/p-1. The molecule has 0 bridgehead atoms. The van der Waals surface area contributed by atoms with E-state index in [1.165, 1.54) is 9.80 Å². The molecule has 1 fully saturated rings. The maximum atomic E-state index is 13.1. The zero-order valence-corrected chi connectivity index (χ0v) is 37.8. The number of hydrogen-bond donors (Lipinski definition) is 1. The fraction of sp³-hybridized carbons (Fsp3) is 0.440. The van der Waals surface area contributed by atoms with E-state index in [-0.39, 0.29) is 56.0 Å². The predicted molar refractivity (Wildman–Crippen MR) is 258 cm³/mol. The first-order valence-electron chi connectivity index (χ1n) is 20.8. The molecule has 0 saturated carbocycles. The summed E-state index contributed by atoms with van der Waals surface area (Å²) in [6.45, 7) is 12.8. The van der Waals surface area contributed by atoms with Gasteiger partial charge in [0.1, 0.15) is 30.3 Å². The third kappa shape index (κ3) is 14.5. The Balaban J connectivity index is 0.000000549. The van der Waals surface area contributed by atoms with Crippen molar-refractivity contribution in [2.24, 2.45) is 0 Å². The number of aliphatic hydroxyl groups is 1. The Morgan fingerprint density at radius 1 is 0.758 bits per heavy atom. The Bertz CT molecular complexity index is 2210. The number of carbonyl (C=O) groups is 4. The van der Waals surface area contributed by atoms with Crippen molar-refractivity contribution >= 4 is 45.2 Å². The Labute approximate surface area is 390 Å². The molecule has 0 aliphatic carbocycles. The summed E-state index contributed by atoms with van der Waals surface area (Å²) in [5.74, 6) is 0.316. The highest BCUT2D eigenvalue weighted by Crippen LogP contribution is 2.37. The number of aliphatic hydroxyl groups excluding tert-OH is 1. The lowest BCUT2D eigenvalue weighted by Crippen LogP contribution is -2.48. The quantitative estimate of drug-likeness (QED) is 0.0371. The van der Waals surface area contributed by atoms with Gasteiger partial charge in [-0.1, -0.05) is 51.3 Å². The smallest absolute Gasteiger partial charge is 0.261 e. The van der Waals surface area contributed by atoms with E-state index in [0.717, 1.165) is 37.0 Å². The van der Waals surface area contributed by atoms with Gasteiger partial charge in [0.25, 0.3) is 23.6 Å². The van der Waals surface area contributed by atoms with Gasteiger partial charge in [-0.25, -0.2) is 0 Å². The van der Waals surface area contributed by atoms with Crippen LogP contribution in [0.3, 0.4) is 0 Å². The number of methoxy groups -OCH3 is 2. The fourth-order valence-electron chi connectivity index (χ4n) is 7.65. The van der Waals surface area contributed by atoms with E-state index in [1.807, 2.05) is 57.4 Å². The third-order valence-corrected chi connectivity index (χ3v) is 10.7. The summed E-state index contributed by atoms with van der Waals surface area (Å²) in [4.78, 5) is 56.4. The van der Waals surface area contributed by atoms with Crippen molar-refractivity contribution in [3.63, 3.8) is 0 Å². The van der Waals surface area contributed by atoms with E-state index >= 15 is 0 Å². The average Bonchev–Trinajstić information content (AvgIpc) is 4.09. The molecule has 1 saturated heterocycles. The van der Waals surface area contributed by atoms with Crippen molar-refractivity contribution < 1.29 is 63.4 Å². The third-order valence-electron chi connectivity index (χ3n) is 10.7. The van der Waals surface area contributed by atoms with Crippen molar-refractivity contribution in [2.45, 2.75) is 39.9 Å². The van der Waals surface area contributed by atoms with Gasteiger partial charge in [-0.3, -0.25) is 29.0 Å². The molecular formula is C50H72N4O12. The van der Waals surface area contributed by atoms with Gasteiger partial charge in [0.2, 0.25) is 0 Å². The highest BCUT2D eigenvalue weighted by atomic mass is 16.6. The minimum absolute atomic E-state index is 0. The van der Waals surface area contributed by atoms with Crippen LogP contribution in [-0.2, 0) is 14.2 Å². The van der Waals surface area contributed by atoms with Crippen molar-refractivity contribution in [3.8, 4) is 11.5 Å². The number of epoxide rings is 1. The monoisotopic (exact) mass is 921 g/mol. The maximum Gasteiger partial charge on any atom is 0.261 e. The summed E-state index contributed by atoms with van der Waals surface area (Å²) in [7, 11) is 11.1. The second kappa shape index (κ2) is 27.2. The lowest BCUT2D eigenvalue weighted by atomic mass is 9.93. The van der Waals surface area contributed by atoms with Crippen LogP contribution in [-0.4, -0.2) is 179 Å². The largest absolute Gasteiger partial charge is 0.870 e. The summed E-state index contributed by atoms with van der Waals surface area (Å²) in [5, 5.41) is 13.1. The van der Waals surface area contributed by atoms with Gasteiger partial charge in [-0.2, -0.15) is 0 Å². The maximum absolute atomic E-state index is 13.1. The molecule has 4 N–H and O–H groups in total. The van der Waals surface area contributed by atoms with Crippen molar-refractivity contribution in [1.82, 2.24) is 14.7 Å². The van der Waals surface area contributed by atoms with E-state index in [1.54, 1.807) is 62.8 Å². The Morgan fingerprint density at radius 3 is 1.62 bits per heavy atom. The molecule has 4 aromatic rings. The molecule has 2 unspecified atom stereocenters. The second-order valence-electron chi connectivity index (χ2n) is 16.2. The van der Waals surface area contributed by atoms with Crippen LogP contribution < -0.4 is 9.47 Å². The van der Waals surface area contributed by atoms with Crippen LogP contribution in [0.1, 0.15) is 69.1 Å². The molecule has 0 spiro atoms. The van der Waals surface area contributed by atoms with Gasteiger partial charge >= 0.3 is 0 Å². The van der Waals surface area contributed by atoms with Crippen LogP contribution in [0.25, 0.3) is 21.5 Å². The Kier molecular flexibility index (Phi) is 24.1. The van der Waals surface area contributed by atoms with E-state index in [4.69, 9.17) is 23.7 Å². The SMILES string of the molecule is C.C.C=CCOCC(O)C[N+](C)(C)CCCN1C(=O)c2cccc3c(OC)ccc(c23)C1=O.C=CCOCC1CO1.COc1ccc2c3c(cccc13)C(=O)N(CCCN(C)C)C2=O.O.[OH-]. The number of rotatable bonds is 20. The molecule has 16 nitrogen and oxygen atoms in total. The molecular weight excluding hydrogens is 849 g/mol. The molecule has 364 valence electrons. The first-order valence-corrected chi connectivity index (χ1v) is 20.8. The Morgan fingerprint density at radius 2 is 1.20 bits per heavy atom. The summed E-state index contributed by atoms with van der Waals surface area (Å²) < 4.78 is 26.6. The van der Waals surface area contributed by atoms with Gasteiger partial charge in [0, 0.05) is 63.3 Å². The number of ether oxygens (including phenoxy) is 5. The van der Waals surface area contributed by atoms with E-state index in [2.05, 4.69) is 13.2 Å². The molecule has 0 radical (unpaired) electrons. The molecule has 0 aromatic heterocycles. The average molecular weight is 921 g/mol. The van der Waals surface area contributed by atoms with Crippen LogP contribution in [0.2, 0.25) is 0 Å². The molecule has 7 rings (SSSR count). The molecule has 66 heavy (non-hydrogen) atoms. The van der Waals surface area contributed by atoms with Crippen LogP contribution >= 0.6 is 0 Å². The fourth-order valence-corrected chi connectivity index (χ4v) is 7.65. The molecule has 4 amide bonds. The lowest BCUT2D eigenvalue weighted by molar-refractivity contribution is -0.893. The Hall–Kier alpha value is -5.56. The van der Waals surface area contributed by atoms with Crippen LogP contribution in [0.4, 0.5) is 0 Å². The van der Waals surface area contributed by atoms with Gasteiger partial charge in [-0.15, -0.1) is 13.2 Å². The topological polar surface area (TPSA) is 209 Å². The molecule has 2 atom stereocenters. The minimum atomic E-state index is -0.590. The highest BCUT2D eigenvalue weighted by Gasteiger charge is 2.35. The molecule has 16 heteroatoms. The zero-order valence-electron chi connectivity index (χ0n) is 37.8. The molecule has 3 heterocycles. The number of likely N-dealkylation sites (N-methyl/N-ethyl adjacent to an activating group) is 1. The van der Waals surface area contributed by atoms with Crippen LogP contribution in [0.15, 0.2) is 86.0 Å². The number of quaternary nitrogens is 1. The molecule has 3 aliphatic rings. The molecule has 4 aromatic carbocycles. The summed E-state index contributed by atoms with van der Waals surface area (Å²) in [6.07, 6.45) is 4.57. The van der Waals surface area contributed by atoms with Gasteiger partial charge in [0.15, 0.2) is 0 Å². The molecule has 3 aliphatic heterocycles. The first-order chi connectivity index (χ1) is 29.8. The number of benzene rings is 4. The zero-order chi connectivity index (χ0) is 45.0. The number of carbonyl (C=O) groups excluding carboxylic acids is 4. The van der Waals surface area contributed by atoms with Gasteiger partial charge < -0.3 is 49.1 Å². The second-order valence-corrected chi connectivity index (χ2v) is 16.2. The van der Waals surface area contributed by atoms with E-state index in [0.29, 0.717) is 101 Å². The lowest BCUT2D eigenvalue weighted by Gasteiger charge is -2.33. The van der Waals surface area contributed by atoms with Gasteiger partial charge in [-0.05, 0) is 63.5 Å². The summed E-state index contributed by atoms with van der Waals surface area (Å²) in [6, 6.07) is 17.9. The highest BCUT2D eigenvalue weighted by molar-refractivity contribution is 6.27. The number of nitrogens with zero attached hydrogens (tertiary/aromatic N) is 4. The summed E-state index contributed by atoms with van der Waals surface area (Å²) in [5.41, 5.74) is 2.19. The number of imide groups is 2. The van der Waals surface area contributed by atoms with E-state index in [9.17, 15) is 24.3 Å². The minimum Gasteiger partial charge on any atom is -0.870 e. The normalized spacial score (nSPS) is 14.9. The van der Waals surface area contributed by atoms with Gasteiger partial charge in [0.05, 0.1) is 67.9 Å². The number of amides is 4.